The number of hydrogen-bond donors (Lipinski definition) is 0. The van der Waals surface area contributed by atoms with Crippen LogP contribution in [0.3, 0.4) is 0 Å². The van der Waals surface area contributed by atoms with E-state index in [0.717, 1.165) is 13.0 Å². The molecule has 0 unspecified atom stereocenters. The molecule has 0 saturated carbocycles. The van der Waals surface area contributed by atoms with Crippen LogP contribution >= 0.6 is 0 Å². The van der Waals surface area contributed by atoms with E-state index in [2.05, 4.69) is 19.1 Å². The van der Waals surface area contributed by atoms with E-state index >= 15 is 0 Å². The second kappa shape index (κ2) is 14.6. The van der Waals surface area contributed by atoms with Crippen molar-refractivity contribution in [3.63, 3.8) is 0 Å². The van der Waals surface area contributed by atoms with Crippen LogP contribution in [-0.2, 0) is 0 Å². The summed E-state index contributed by atoms with van der Waals surface area (Å²) >= 11 is 0. The minimum atomic E-state index is -0.138. The molecule has 21 heavy (non-hydrogen) atoms. The molecule has 0 fully saturated rings. The molecule has 2 nitrogen and oxygen atoms in total. The van der Waals surface area contributed by atoms with Crippen molar-refractivity contribution in [2.75, 3.05) is 20.6 Å². The molecule has 0 rings (SSSR count). The first-order valence-electron chi connectivity index (χ1n) is 9.25. The predicted molar refractivity (Wildman–Crippen MR) is 95.2 cm³/mol. The summed E-state index contributed by atoms with van der Waals surface area (Å²) in [6.45, 7) is 3.03. The molecule has 0 aliphatic rings. The average molecular weight is 298 g/mol. The average Bonchev–Trinajstić information content (AvgIpc) is 2.42. The summed E-state index contributed by atoms with van der Waals surface area (Å²) in [5.41, 5.74) is 0. The minimum Gasteiger partial charge on any atom is -0.633 e. The van der Waals surface area contributed by atoms with Gasteiger partial charge in [0.25, 0.3) is 0 Å². The van der Waals surface area contributed by atoms with Crippen molar-refractivity contribution in [1.29, 1.82) is 0 Å². The second-order valence-electron chi connectivity index (χ2n) is 6.88. The Morgan fingerprint density at radius 3 is 1.57 bits per heavy atom. The molecule has 0 bridgehead atoms. The Morgan fingerprint density at radius 2 is 1.10 bits per heavy atom. The number of rotatable bonds is 15. The molecule has 0 aromatic carbocycles. The number of hydrogen-bond acceptors (Lipinski definition) is 1. The van der Waals surface area contributed by atoms with Gasteiger partial charge < -0.3 is 9.85 Å². The SMILES string of the molecule is CCCCCCCCC=CCCCCCCC[N+](C)(C)[O-]. The lowest BCUT2D eigenvalue weighted by Crippen LogP contribution is -2.32. The number of allylic oxidation sites excluding steroid dienone is 2. The van der Waals surface area contributed by atoms with Crippen LogP contribution in [0.15, 0.2) is 12.2 Å². The third kappa shape index (κ3) is 19.7. The molecule has 0 aromatic rings. The molecule has 0 N–H and O–H groups in total. The van der Waals surface area contributed by atoms with Crippen molar-refractivity contribution in [1.82, 2.24) is 0 Å². The summed E-state index contributed by atoms with van der Waals surface area (Å²) in [7, 11) is 3.46. The fourth-order valence-corrected chi connectivity index (χ4v) is 2.56. The van der Waals surface area contributed by atoms with Gasteiger partial charge in [-0.3, -0.25) is 0 Å². The standard InChI is InChI=1S/C19H39NO/c1-4-5-6-7-8-9-10-11-12-13-14-15-16-17-18-19-20(2,3)21/h11-12H,4-10,13-19H2,1-3H3. The predicted octanol–water partition coefficient (Wildman–Crippen LogP) is 6.21. The molecular formula is C19H39NO. The zero-order valence-corrected chi connectivity index (χ0v) is 14.9. The van der Waals surface area contributed by atoms with Gasteiger partial charge in [-0.1, -0.05) is 64.0 Å². The first-order valence-corrected chi connectivity index (χ1v) is 9.25. The fourth-order valence-electron chi connectivity index (χ4n) is 2.56. The summed E-state index contributed by atoms with van der Waals surface area (Å²) in [5.74, 6) is 0. The molecule has 0 saturated heterocycles. The molecule has 126 valence electrons. The van der Waals surface area contributed by atoms with Crippen molar-refractivity contribution < 1.29 is 4.65 Å². The Kier molecular flexibility index (Phi) is 14.4. The van der Waals surface area contributed by atoms with Gasteiger partial charge in [0.2, 0.25) is 0 Å². The molecule has 0 radical (unpaired) electrons. The Morgan fingerprint density at radius 1 is 0.667 bits per heavy atom. The third-order valence-electron chi connectivity index (χ3n) is 3.96. The highest BCUT2D eigenvalue weighted by atomic mass is 16.5. The van der Waals surface area contributed by atoms with Crippen LogP contribution in [0.1, 0.15) is 90.4 Å². The van der Waals surface area contributed by atoms with Crippen molar-refractivity contribution in [3.05, 3.63) is 17.4 Å². The lowest BCUT2D eigenvalue weighted by Gasteiger charge is -2.33. The van der Waals surface area contributed by atoms with E-state index in [1.54, 1.807) is 14.1 Å². The molecule has 0 aromatic heterocycles. The van der Waals surface area contributed by atoms with Crippen molar-refractivity contribution >= 4 is 0 Å². The van der Waals surface area contributed by atoms with Gasteiger partial charge in [0.05, 0.1) is 20.6 Å². The highest BCUT2D eigenvalue weighted by Gasteiger charge is 2.00. The van der Waals surface area contributed by atoms with Crippen LogP contribution in [0.5, 0.6) is 0 Å². The Hall–Kier alpha value is -0.340. The van der Waals surface area contributed by atoms with Crippen LogP contribution < -0.4 is 0 Å². The first kappa shape index (κ1) is 20.7. The fraction of sp³-hybridized carbons (Fsp3) is 0.895. The first-order chi connectivity index (χ1) is 10.1. The van der Waals surface area contributed by atoms with Crippen LogP contribution in [0.25, 0.3) is 0 Å². The van der Waals surface area contributed by atoms with Crippen molar-refractivity contribution in [2.24, 2.45) is 0 Å². The van der Waals surface area contributed by atoms with E-state index in [1.807, 2.05) is 0 Å². The van der Waals surface area contributed by atoms with Gasteiger partial charge in [0.15, 0.2) is 0 Å². The maximum atomic E-state index is 11.4. The molecule has 0 atom stereocenters. The molecule has 0 aliphatic carbocycles. The number of nitrogens with zero attached hydrogens (tertiary/aromatic N) is 1. The number of quaternary nitrogens is 1. The van der Waals surface area contributed by atoms with Gasteiger partial charge in [-0.05, 0) is 38.5 Å². The monoisotopic (exact) mass is 297 g/mol. The van der Waals surface area contributed by atoms with E-state index < -0.39 is 0 Å². The van der Waals surface area contributed by atoms with Crippen molar-refractivity contribution in [3.8, 4) is 0 Å². The van der Waals surface area contributed by atoms with Crippen molar-refractivity contribution in [2.45, 2.75) is 90.4 Å². The Labute approximate surface area is 133 Å². The maximum absolute atomic E-state index is 11.4. The summed E-state index contributed by atoms with van der Waals surface area (Å²) < 4.78 is -0.138. The van der Waals surface area contributed by atoms with Gasteiger partial charge in [-0.2, -0.15) is 0 Å². The lowest BCUT2D eigenvalue weighted by atomic mass is 10.1. The molecule has 0 spiro atoms. The minimum absolute atomic E-state index is 0.138. The summed E-state index contributed by atoms with van der Waals surface area (Å²) in [6.07, 6.45) is 21.8. The zero-order valence-electron chi connectivity index (χ0n) is 14.9. The highest BCUT2D eigenvalue weighted by Crippen LogP contribution is 2.09. The summed E-state index contributed by atoms with van der Waals surface area (Å²) in [6, 6.07) is 0. The van der Waals surface area contributed by atoms with Crippen LogP contribution in [-0.4, -0.2) is 25.3 Å². The van der Waals surface area contributed by atoms with E-state index in [-0.39, 0.29) is 4.65 Å². The van der Waals surface area contributed by atoms with Crippen LogP contribution in [0.2, 0.25) is 0 Å². The molecule has 2 heteroatoms. The van der Waals surface area contributed by atoms with Gasteiger partial charge >= 0.3 is 0 Å². The smallest absolute Gasteiger partial charge is 0.0779 e. The topological polar surface area (TPSA) is 23.1 Å². The highest BCUT2D eigenvalue weighted by molar-refractivity contribution is 4.81. The Balaban J connectivity index is 3.12. The second-order valence-corrected chi connectivity index (χ2v) is 6.88. The zero-order chi connectivity index (χ0) is 15.8. The van der Waals surface area contributed by atoms with E-state index in [9.17, 15) is 5.21 Å². The quantitative estimate of drug-likeness (QED) is 0.152. The molecule has 0 aliphatic heterocycles. The number of hydroxylamine groups is 3. The van der Waals surface area contributed by atoms with Gasteiger partial charge in [-0.15, -0.1) is 0 Å². The maximum Gasteiger partial charge on any atom is 0.0779 e. The molecule has 0 amide bonds. The van der Waals surface area contributed by atoms with Crippen LogP contribution in [0.4, 0.5) is 0 Å². The number of unbranched alkanes of at least 4 members (excludes halogenated alkanes) is 11. The lowest BCUT2D eigenvalue weighted by molar-refractivity contribution is -0.840. The van der Waals surface area contributed by atoms with E-state index in [4.69, 9.17) is 0 Å². The molecular weight excluding hydrogens is 258 g/mol. The summed E-state index contributed by atoms with van der Waals surface area (Å²) in [4.78, 5) is 0. The largest absolute Gasteiger partial charge is 0.633 e. The van der Waals surface area contributed by atoms with E-state index in [0.29, 0.717) is 0 Å². The van der Waals surface area contributed by atoms with Gasteiger partial charge in [0.1, 0.15) is 0 Å². The van der Waals surface area contributed by atoms with E-state index in [1.165, 1.54) is 77.0 Å². The van der Waals surface area contributed by atoms with Crippen LogP contribution in [0, 0.1) is 5.21 Å². The van der Waals surface area contributed by atoms with Gasteiger partial charge in [-0.25, -0.2) is 0 Å². The third-order valence-corrected chi connectivity index (χ3v) is 3.96. The summed E-state index contributed by atoms with van der Waals surface area (Å²) in [5, 5.41) is 11.4. The Bertz CT molecular complexity index is 230. The molecule has 0 heterocycles. The van der Waals surface area contributed by atoms with Gasteiger partial charge in [0, 0.05) is 0 Å². The normalized spacial score (nSPS) is 12.4.